The highest BCUT2D eigenvalue weighted by Gasteiger charge is 2.52. The van der Waals surface area contributed by atoms with Gasteiger partial charge in [-0.2, -0.15) is 0 Å². The van der Waals surface area contributed by atoms with E-state index in [1.54, 1.807) is 6.21 Å². The van der Waals surface area contributed by atoms with Crippen LogP contribution in [0.2, 0.25) is 0 Å². The topological polar surface area (TPSA) is 38.7 Å². The van der Waals surface area contributed by atoms with Gasteiger partial charge in [0.15, 0.2) is 0 Å². The van der Waals surface area contributed by atoms with E-state index >= 15 is 0 Å². The molecule has 4 rings (SSSR count). The zero-order valence-electron chi connectivity index (χ0n) is 16.4. The largest absolute Gasteiger partial charge is 0.331 e. The van der Waals surface area contributed by atoms with E-state index in [1.165, 1.54) is 12.5 Å². The molecule has 0 saturated heterocycles. The van der Waals surface area contributed by atoms with Gasteiger partial charge in [-0.25, -0.2) is 4.79 Å². The summed E-state index contributed by atoms with van der Waals surface area (Å²) < 4.78 is 0. The molecule has 144 valence electrons. The van der Waals surface area contributed by atoms with Crippen LogP contribution in [0.4, 0.5) is 0 Å². The number of allylic oxidation sites excluding steroid dienone is 1. The smallest absolute Gasteiger partial charge is 0.319 e. The molecule has 3 aromatic rings. The fourth-order valence-corrected chi connectivity index (χ4v) is 3.78. The van der Waals surface area contributed by atoms with Gasteiger partial charge < -0.3 is 4.84 Å². The summed E-state index contributed by atoms with van der Waals surface area (Å²) in [7, 11) is 0. The number of carbonyl (C=O) groups excluding carboxylic acids is 1. The number of nitrogens with zero attached hydrogens (tertiary/aromatic N) is 1. The van der Waals surface area contributed by atoms with Crippen molar-refractivity contribution in [3.63, 3.8) is 0 Å². The highest BCUT2D eigenvalue weighted by molar-refractivity contribution is 5.86. The SMILES string of the molecule is CC(=O)O/N=C/C1(C=C(c2ccccc2)c2ccccc2)CC1c1ccccc1. The third-order valence-corrected chi connectivity index (χ3v) is 5.31. The van der Waals surface area contributed by atoms with Crippen LogP contribution in [-0.4, -0.2) is 12.2 Å². The molecule has 1 aliphatic carbocycles. The molecule has 0 bridgehead atoms. The molecule has 1 fully saturated rings. The van der Waals surface area contributed by atoms with E-state index in [0.29, 0.717) is 5.92 Å². The van der Waals surface area contributed by atoms with Crippen LogP contribution < -0.4 is 0 Å². The Hall–Kier alpha value is -3.46. The van der Waals surface area contributed by atoms with Crippen molar-refractivity contribution >= 4 is 17.8 Å². The summed E-state index contributed by atoms with van der Waals surface area (Å²) in [5.41, 5.74) is 4.42. The summed E-state index contributed by atoms with van der Waals surface area (Å²) in [6.45, 7) is 1.36. The van der Waals surface area contributed by atoms with E-state index in [1.807, 2.05) is 42.5 Å². The van der Waals surface area contributed by atoms with Gasteiger partial charge in [-0.1, -0.05) is 102 Å². The van der Waals surface area contributed by atoms with Crippen LogP contribution in [0.3, 0.4) is 0 Å². The Labute approximate surface area is 171 Å². The summed E-state index contributed by atoms with van der Waals surface area (Å²) >= 11 is 0. The minimum Gasteiger partial charge on any atom is -0.319 e. The van der Waals surface area contributed by atoms with Crippen molar-refractivity contribution in [3.8, 4) is 0 Å². The van der Waals surface area contributed by atoms with Crippen LogP contribution in [0.15, 0.2) is 102 Å². The number of rotatable bonds is 6. The standard InChI is InChI=1S/C26H23NO2/c1-20(28)29-27-19-26(18-25(26)23-15-9-4-10-16-23)17-24(21-11-5-2-6-12-21)22-13-7-3-8-14-22/h2-17,19,25H,18H2,1H3/b27-19+. The quantitative estimate of drug-likeness (QED) is 0.306. The molecule has 1 saturated carbocycles. The Morgan fingerprint density at radius 1 is 0.897 bits per heavy atom. The van der Waals surface area contributed by atoms with Crippen molar-refractivity contribution in [2.24, 2.45) is 10.6 Å². The van der Waals surface area contributed by atoms with Crippen LogP contribution in [0, 0.1) is 5.41 Å². The number of carbonyl (C=O) groups is 1. The fraction of sp³-hybridized carbons (Fsp3) is 0.154. The van der Waals surface area contributed by atoms with Crippen LogP contribution in [0.5, 0.6) is 0 Å². The molecule has 0 aliphatic heterocycles. The first-order chi connectivity index (χ1) is 14.2. The third kappa shape index (κ3) is 4.35. The maximum Gasteiger partial charge on any atom is 0.331 e. The predicted octanol–water partition coefficient (Wildman–Crippen LogP) is 5.84. The summed E-state index contributed by atoms with van der Waals surface area (Å²) in [6, 6.07) is 31.1. The lowest BCUT2D eigenvalue weighted by molar-refractivity contribution is -0.140. The summed E-state index contributed by atoms with van der Waals surface area (Å²) in [6.07, 6.45) is 4.99. The van der Waals surface area contributed by atoms with Crippen molar-refractivity contribution < 1.29 is 9.63 Å². The zero-order chi connectivity index (χ0) is 20.1. The van der Waals surface area contributed by atoms with Crippen LogP contribution in [0.1, 0.15) is 36.0 Å². The molecule has 3 nitrogen and oxygen atoms in total. The van der Waals surface area contributed by atoms with Crippen molar-refractivity contribution in [2.75, 3.05) is 0 Å². The molecular formula is C26H23NO2. The van der Waals surface area contributed by atoms with Gasteiger partial charge in [0.25, 0.3) is 0 Å². The van der Waals surface area contributed by atoms with E-state index in [4.69, 9.17) is 4.84 Å². The second-order valence-corrected chi connectivity index (χ2v) is 7.39. The van der Waals surface area contributed by atoms with Gasteiger partial charge in [0, 0.05) is 12.3 Å². The Morgan fingerprint density at radius 3 is 1.93 bits per heavy atom. The van der Waals surface area contributed by atoms with E-state index in [2.05, 4.69) is 59.8 Å². The van der Waals surface area contributed by atoms with E-state index in [9.17, 15) is 4.79 Å². The van der Waals surface area contributed by atoms with Gasteiger partial charge >= 0.3 is 5.97 Å². The normalized spacial score (nSPS) is 20.2. The molecule has 29 heavy (non-hydrogen) atoms. The van der Waals surface area contributed by atoms with Gasteiger partial charge in [0.1, 0.15) is 0 Å². The first-order valence-corrected chi connectivity index (χ1v) is 9.79. The maximum atomic E-state index is 11.2. The second kappa shape index (κ2) is 8.27. The highest BCUT2D eigenvalue weighted by Crippen LogP contribution is 2.60. The first kappa shape index (κ1) is 18.9. The third-order valence-electron chi connectivity index (χ3n) is 5.31. The zero-order valence-corrected chi connectivity index (χ0v) is 16.4. The molecule has 3 heteroatoms. The Balaban J connectivity index is 1.79. The highest BCUT2D eigenvalue weighted by atomic mass is 16.7. The first-order valence-electron chi connectivity index (χ1n) is 9.79. The van der Waals surface area contributed by atoms with Crippen LogP contribution in [-0.2, 0) is 9.63 Å². The molecule has 0 N–H and O–H groups in total. The van der Waals surface area contributed by atoms with E-state index in [0.717, 1.165) is 23.1 Å². The molecule has 0 spiro atoms. The van der Waals surface area contributed by atoms with Crippen molar-refractivity contribution in [1.29, 1.82) is 0 Å². The molecule has 2 atom stereocenters. The number of hydrogen-bond acceptors (Lipinski definition) is 3. The predicted molar refractivity (Wildman–Crippen MR) is 116 cm³/mol. The summed E-state index contributed by atoms with van der Waals surface area (Å²) in [5, 5.41) is 4.00. The van der Waals surface area contributed by atoms with Gasteiger partial charge in [-0.05, 0) is 34.6 Å². The molecule has 0 amide bonds. The van der Waals surface area contributed by atoms with Crippen molar-refractivity contribution in [2.45, 2.75) is 19.3 Å². The van der Waals surface area contributed by atoms with Crippen LogP contribution in [0.25, 0.3) is 5.57 Å². The maximum absolute atomic E-state index is 11.2. The summed E-state index contributed by atoms with van der Waals surface area (Å²) in [4.78, 5) is 16.1. The van der Waals surface area contributed by atoms with E-state index < -0.39 is 5.97 Å². The van der Waals surface area contributed by atoms with Crippen molar-refractivity contribution in [3.05, 3.63) is 114 Å². The number of hydrogen-bond donors (Lipinski definition) is 0. The Kier molecular flexibility index (Phi) is 5.39. The Morgan fingerprint density at radius 2 is 1.41 bits per heavy atom. The molecule has 0 radical (unpaired) electrons. The lowest BCUT2D eigenvalue weighted by Gasteiger charge is -2.14. The lowest BCUT2D eigenvalue weighted by Crippen LogP contribution is -2.06. The van der Waals surface area contributed by atoms with Gasteiger partial charge in [-0.3, -0.25) is 0 Å². The molecule has 0 aromatic heterocycles. The Bertz CT molecular complexity index is 985. The average Bonchev–Trinajstić information content (AvgIpc) is 3.48. The van der Waals surface area contributed by atoms with Crippen molar-refractivity contribution in [1.82, 2.24) is 0 Å². The monoisotopic (exact) mass is 381 g/mol. The molecule has 1 aliphatic rings. The van der Waals surface area contributed by atoms with E-state index in [-0.39, 0.29) is 5.41 Å². The average molecular weight is 381 g/mol. The lowest BCUT2D eigenvalue weighted by atomic mass is 9.90. The number of benzene rings is 3. The minimum atomic E-state index is -0.413. The summed E-state index contributed by atoms with van der Waals surface area (Å²) in [5.74, 6) is -0.117. The molecule has 0 heterocycles. The van der Waals surface area contributed by atoms with Gasteiger partial charge in [0.05, 0.1) is 6.21 Å². The van der Waals surface area contributed by atoms with Crippen LogP contribution >= 0.6 is 0 Å². The second-order valence-electron chi connectivity index (χ2n) is 7.39. The fourth-order valence-electron chi connectivity index (χ4n) is 3.78. The molecule has 3 aromatic carbocycles. The molecule has 2 unspecified atom stereocenters. The minimum absolute atomic E-state index is 0.294. The van der Waals surface area contributed by atoms with Gasteiger partial charge in [0.2, 0.25) is 0 Å². The number of oxime groups is 1. The molecular weight excluding hydrogens is 358 g/mol. The van der Waals surface area contributed by atoms with Gasteiger partial charge in [-0.15, -0.1) is 0 Å².